The number of rotatable bonds is 4. The molecule has 0 saturated carbocycles. The van der Waals surface area contributed by atoms with Gasteiger partial charge in [0.25, 0.3) is 17.2 Å². The van der Waals surface area contributed by atoms with Gasteiger partial charge < -0.3 is 14.7 Å². The fourth-order valence-electron chi connectivity index (χ4n) is 5.51. The first kappa shape index (κ1) is 25.4. The van der Waals surface area contributed by atoms with Crippen molar-refractivity contribution in [1.82, 2.24) is 24.7 Å². The van der Waals surface area contributed by atoms with Gasteiger partial charge in [-0.3, -0.25) is 19.7 Å². The summed E-state index contributed by atoms with van der Waals surface area (Å²) in [5.41, 5.74) is 3.59. The fraction of sp³-hybridized carbons (Fsp3) is 0.0667. The summed E-state index contributed by atoms with van der Waals surface area (Å²) in [6.45, 7) is 1.71. The molecule has 0 bridgehead atoms. The number of fused-ring (bicyclic) bond motifs is 3. The average Bonchev–Trinajstić information content (AvgIpc) is 3.53. The van der Waals surface area contributed by atoms with Gasteiger partial charge in [-0.1, -0.05) is 54.1 Å². The van der Waals surface area contributed by atoms with Crippen LogP contribution in [0, 0.1) is 17.0 Å². The molecule has 11 nitrogen and oxygen atoms in total. The molecule has 0 radical (unpaired) electrons. The molecule has 0 aliphatic carbocycles. The number of ether oxygens (including phenoxy) is 1. The van der Waals surface area contributed by atoms with Gasteiger partial charge in [0, 0.05) is 33.6 Å². The highest BCUT2D eigenvalue weighted by molar-refractivity contribution is 6.31. The van der Waals surface area contributed by atoms with Crippen LogP contribution < -0.4 is 10.3 Å². The Bertz CT molecular complexity index is 2110. The summed E-state index contributed by atoms with van der Waals surface area (Å²) in [4.78, 5) is 48.2. The van der Waals surface area contributed by atoms with Gasteiger partial charge in [0.05, 0.1) is 34.0 Å². The number of nitro groups is 1. The summed E-state index contributed by atoms with van der Waals surface area (Å²) < 4.78 is 7.27. The van der Waals surface area contributed by atoms with Crippen LogP contribution in [0.3, 0.4) is 0 Å². The lowest BCUT2D eigenvalue weighted by molar-refractivity contribution is -0.384. The van der Waals surface area contributed by atoms with E-state index in [1.54, 1.807) is 37.3 Å². The molecule has 6 aromatic rings. The minimum Gasteiger partial charge on any atom is -0.420 e. The van der Waals surface area contributed by atoms with Crippen LogP contribution in [0.25, 0.3) is 22.0 Å². The van der Waals surface area contributed by atoms with Crippen LogP contribution in [0.4, 0.5) is 5.69 Å². The average molecular weight is 579 g/mol. The van der Waals surface area contributed by atoms with Gasteiger partial charge in [0.1, 0.15) is 5.69 Å². The number of hydrogen-bond donors (Lipinski definition) is 2. The highest BCUT2D eigenvalue weighted by atomic mass is 35.5. The standard InChI is InChI=1S/C30H19ClN6O5/c1-15-22-24(17-7-10-19(11-8-17)37(40)41)25-27(38)32-14-33-28(25)42-30(22)36(35-15)29(39)26-23(16-5-3-2-4-6-16)20-13-18(31)9-12-21(20)34-26/h2-14,24,34H,1H3,(H,32,33,38). The molecule has 206 valence electrons. The molecule has 0 amide bonds. The SMILES string of the molecule is Cc1nn(C(=O)c2[nH]c3ccc(Cl)cc3c2-c2ccccc2)c2c1C(c1ccc([N+](=O)[O-])cc1)c1c(nc[nH]c1=O)O2. The van der Waals surface area contributed by atoms with E-state index in [0.29, 0.717) is 32.9 Å². The Kier molecular flexibility index (Phi) is 5.77. The number of halogens is 1. The Morgan fingerprint density at radius 3 is 2.57 bits per heavy atom. The molecule has 12 heteroatoms. The molecule has 42 heavy (non-hydrogen) atoms. The number of nitrogens with one attached hydrogen (secondary N) is 2. The smallest absolute Gasteiger partial charge is 0.298 e. The van der Waals surface area contributed by atoms with Crippen LogP contribution in [0.15, 0.2) is 83.9 Å². The van der Waals surface area contributed by atoms with Crippen LogP contribution in [0.1, 0.15) is 38.8 Å². The summed E-state index contributed by atoms with van der Waals surface area (Å²) in [7, 11) is 0. The highest BCUT2D eigenvalue weighted by Crippen LogP contribution is 2.47. The second-order valence-electron chi connectivity index (χ2n) is 9.79. The second-order valence-corrected chi connectivity index (χ2v) is 10.2. The van der Waals surface area contributed by atoms with Crippen LogP contribution in [0.5, 0.6) is 11.8 Å². The second kappa shape index (κ2) is 9.53. The van der Waals surface area contributed by atoms with Crippen molar-refractivity contribution in [2.75, 3.05) is 0 Å². The number of carbonyl (C=O) groups is 1. The molecule has 3 aromatic carbocycles. The number of nitrogens with zero attached hydrogens (tertiary/aromatic N) is 4. The summed E-state index contributed by atoms with van der Waals surface area (Å²) in [6.07, 6.45) is 1.21. The lowest BCUT2D eigenvalue weighted by Crippen LogP contribution is -2.25. The van der Waals surface area contributed by atoms with E-state index in [-0.39, 0.29) is 28.7 Å². The minimum atomic E-state index is -0.751. The summed E-state index contributed by atoms with van der Waals surface area (Å²) >= 11 is 6.34. The van der Waals surface area contributed by atoms with E-state index < -0.39 is 22.3 Å². The van der Waals surface area contributed by atoms with Crippen molar-refractivity contribution in [2.24, 2.45) is 0 Å². The van der Waals surface area contributed by atoms with Gasteiger partial charge in [-0.15, -0.1) is 0 Å². The predicted molar refractivity (Wildman–Crippen MR) is 154 cm³/mol. The Morgan fingerprint density at radius 2 is 1.83 bits per heavy atom. The van der Waals surface area contributed by atoms with E-state index in [1.807, 2.05) is 30.3 Å². The van der Waals surface area contributed by atoms with Crippen molar-refractivity contribution in [2.45, 2.75) is 12.8 Å². The molecule has 1 aliphatic heterocycles. The van der Waals surface area contributed by atoms with Gasteiger partial charge in [-0.05, 0) is 36.2 Å². The number of nitro benzene ring substituents is 1. The van der Waals surface area contributed by atoms with Gasteiger partial charge in [0.2, 0.25) is 11.8 Å². The zero-order valence-corrected chi connectivity index (χ0v) is 22.5. The third-order valence-electron chi connectivity index (χ3n) is 7.35. The monoisotopic (exact) mass is 578 g/mol. The Hall–Kier alpha value is -5.55. The number of aromatic nitrogens is 5. The molecule has 0 fully saturated rings. The molecule has 4 heterocycles. The topological polar surface area (TPSA) is 149 Å². The van der Waals surface area contributed by atoms with Gasteiger partial charge in [-0.25, -0.2) is 4.98 Å². The van der Waals surface area contributed by atoms with Gasteiger partial charge in [0.15, 0.2) is 0 Å². The maximum absolute atomic E-state index is 14.3. The van der Waals surface area contributed by atoms with E-state index in [4.69, 9.17) is 16.3 Å². The van der Waals surface area contributed by atoms with Crippen molar-refractivity contribution in [3.63, 3.8) is 0 Å². The molecule has 3 aromatic heterocycles. The molecule has 0 saturated heterocycles. The van der Waals surface area contributed by atoms with E-state index in [1.165, 1.54) is 18.5 Å². The number of aromatic amines is 2. The molecule has 1 atom stereocenters. The van der Waals surface area contributed by atoms with Crippen molar-refractivity contribution in [3.05, 3.63) is 133 Å². The first-order valence-electron chi connectivity index (χ1n) is 12.8. The van der Waals surface area contributed by atoms with Crippen molar-refractivity contribution < 1.29 is 14.5 Å². The van der Waals surface area contributed by atoms with Crippen LogP contribution >= 0.6 is 11.6 Å². The molecule has 0 spiro atoms. The van der Waals surface area contributed by atoms with E-state index in [9.17, 15) is 19.7 Å². The number of carbonyl (C=O) groups excluding carboxylic acids is 1. The molecule has 1 aliphatic rings. The lowest BCUT2D eigenvalue weighted by atomic mass is 9.84. The Morgan fingerprint density at radius 1 is 1.07 bits per heavy atom. The minimum absolute atomic E-state index is 0.00950. The maximum atomic E-state index is 14.3. The maximum Gasteiger partial charge on any atom is 0.298 e. The van der Waals surface area contributed by atoms with E-state index >= 15 is 0 Å². The first-order chi connectivity index (χ1) is 20.3. The van der Waals surface area contributed by atoms with Crippen LogP contribution in [-0.4, -0.2) is 35.6 Å². The van der Waals surface area contributed by atoms with E-state index in [2.05, 4.69) is 20.1 Å². The van der Waals surface area contributed by atoms with Gasteiger partial charge in [-0.2, -0.15) is 9.78 Å². The number of H-pyrrole nitrogens is 2. The Labute approximate surface area is 241 Å². The number of hydrogen-bond acceptors (Lipinski definition) is 7. The zero-order valence-electron chi connectivity index (χ0n) is 21.8. The number of non-ortho nitro benzene ring substituents is 1. The molecular formula is C30H19ClN6O5. The zero-order chi connectivity index (χ0) is 29.1. The Balaban J connectivity index is 1.44. The van der Waals surface area contributed by atoms with Crippen LogP contribution in [-0.2, 0) is 0 Å². The number of aryl methyl sites for hydroxylation is 1. The number of benzene rings is 3. The molecular weight excluding hydrogens is 560 g/mol. The van der Waals surface area contributed by atoms with Crippen molar-refractivity contribution in [3.8, 4) is 22.9 Å². The third kappa shape index (κ3) is 3.90. The third-order valence-corrected chi connectivity index (χ3v) is 7.59. The normalized spacial score (nSPS) is 13.8. The lowest BCUT2D eigenvalue weighted by Gasteiger charge is -2.25. The summed E-state index contributed by atoms with van der Waals surface area (Å²) in [6, 6.07) is 20.7. The summed E-state index contributed by atoms with van der Waals surface area (Å²) in [5, 5.41) is 17.1. The molecule has 1 unspecified atom stereocenters. The van der Waals surface area contributed by atoms with Crippen LogP contribution in [0.2, 0.25) is 5.02 Å². The molecule has 7 rings (SSSR count). The first-order valence-corrected chi connectivity index (χ1v) is 13.2. The quantitative estimate of drug-likeness (QED) is 0.193. The fourth-order valence-corrected chi connectivity index (χ4v) is 5.68. The van der Waals surface area contributed by atoms with Crippen molar-refractivity contribution in [1.29, 1.82) is 0 Å². The molecule has 2 N–H and O–H groups in total. The summed E-state index contributed by atoms with van der Waals surface area (Å²) in [5.74, 6) is -1.14. The largest absolute Gasteiger partial charge is 0.420 e. The predicted octanol–water partition coefficient (Wildman–Crippen LogP) is 5.96. The van der Waals surface area contributed by atoms with E-state index in [0.717, 1.165) is 15.6 Å². The van der Waals surface area contributed by atoms with Crippen molar-refractivity contribution >= 4 is 34.1 Å². The highest BCUT2D eigenvalue weighted by Gasteiger charge is 2.39. The van der Waals surface area contributed by atoms with Gasteiger partial charge >= 0.3 is 0 Å².